The number of fused-ring (bicyclic) bond motifs is 9. The Hall–Kier alpha value is -6.46. The Balaban J connectivity index is 1.13. The van der Waals surface area contributed by atoms with Gasteiger partial charge in [-0.2, -0.15) is 0 Å². The molecule has 64 heavy (non-hydrogen) atoms. The fourth-order valence-electron chi connectivity index (χ4n) is 11.4. The normalized spacial score (nSPS) is 22.0. The molecular formula is C59H60N2O3. The number of benzene rings is 4. The first-order valence-electron chi connectivity index (χ1n) is 23.4. The maximum absolute atomic E-state index is 12.3. The number of nitrogens with zero attached hydrogens (tertiary/aromatic N) is 1. The highest BCUT2D eigenvalue weighted by molar-refractivity contribution is 6.17. The summed E-state index contributed by atoms with van der Waals surface area (Å²) in [5.41, 5.74) is 12.3. The largest absolute Gasteiger partial charge is 0.481 e. The highest BCUT2D eigenvalue weighted by Gasteiger charge is 2.46. The molecule has 3 unspecified atom stereocenters. The van der Waals surface area contributed by atoms with Crippen molar-refractivity contribution < 1.29 is 14.7 Å². The molecule has 5 aliphatic rings. The number of aliphatic carboxylic acids is 1. The molecule has 5 nitrogen and oxygen atoms in total. The SMILES string of the molecule is CC(C/C=C/C=C/C=C1\N(CCC(=O)O)c2c(c3ccccc3c3ccccc23)C1(C)Cc1ccccc1)(CC1=CC=CCC1)C1=C(NCCC=O)C2=CC=CCC2C2=CCCC=C21. The van der Waals surface area contributed by atoms with Crippen LogP contribution in [0.1, 0.15) is 82.8 Å². The van der Waals surface area contributed by atoms with E-state index in [0.29, 0.717) is 25.4 Å². The van der Waals surface area contributed by atoms with Gasteiger partial charge in [0, 0.05) is 53.0 Å². The molecule has 0 spiro atoms. The summed E-state index contributed by atoms with van der Waals surface area (Å²) in [6, 6.07) is 28.0. The predicted molar refractivity (Wildman–Crippen MR) is 265 cm³/mol. The molecule has 1 aliphatic heterocycles. The Labute approximate surface area is 379 Å². The minimum absolute atomic E-state index is 0.0247. The maximum atomic E-state index is 12.3. The smallest absolute Gasteiger partial charge is 0.305 e. The highest BCUT2D eigenvalue weighted by Crippen LogP contribution is 2.57. The van der Waals surface area contributed by atoms with Gasteiger partial charge in [0.05, 0.1) is 12.1 Å². The number of nitrogens with one attached hydrogen (secondary N) is 1. The van der Waals surface area contributed by atoms with Gasteiger partial charge in [-0.15, -0.1) is 0 Å². The second-order valence-electron chi connectivity index (χ2n) is 18.5. The van der Waals surface area contributed by atoms with E-state index in [2.05, 4.69) is 182 Å². The van der Waals surface area contributed by atoms with Gasteiger partial charge in [0.2, 0.25) is 0 Å². The molecule has 0 amide bonds. The van der Waals surface area contributed by atoms with Crippen LogP contribution in [0.4, 0.5) is 5.69 Å². The van der Waals surface area contributed by atoms with Crippen LogP contribution in [0.2, 0.25) is 0 Å². The summed E-state index contributed by atoms with van der Waals surface area (Å²) < 4.78 is 0. The molecule has 5 heteroatoms. The molecule has 4 aromatic rings. The average molecular weight is 845 g/mol. The molecule has 3 atom stereocenters. The molecular weight excluding hydrogens is 785 g/mol. The number of hydrogen-bond donors (Lipinski definition) is 2. The van der Waals surface area contributed by atoms with E-state index >= 15 is 0 Å². The first kappa shape index (κ1) is 42.8. The third kappa shape index (κ3) is 8.25. The van der Waals surface area contributed by atoms with Gasteiger partial charge in [0.1, 0.15) is 6.29 Å². The van der Waals surface area contributed by atoms with Crippen LogP contribution < -0.4 is 10.2 Å². The fourth-order valence-corrected chi connectivity index (χ4v) is 11.4. The number of rotatable bonds is 16. The Morgan fingerprint density at radius 2 is 1.59 bits per heavy atom. The molecule has 324 valence electrons. The zero-order chi connectivity index (χ0) is 44.1. The summed E-state index contributed by atoms with van der Waals surface area (Å²) in [5, 5.41) is 18.6. The molecule has 4 aromatic carbocycles. The van der Waals surface area contributed by atoms with Crippen LogP contribution in [0.15, 0.2) is 197 Å². The van der Waals surface area contributed by atoms with Crippen LogP contribution in [0.5, 0.6) is 0 Å². The maximum Gasteiger partial charge on any atom is 0.305 e. The Morgan fingerprint density at radius 3 is 2.36 bits per heavy atom. The number of aldehydes is 1. The minimum Gasteiger partial charge on any atom is -0.481 e. The molecule has 2 N–H and O–H groups in total. The lowest BCUT2D eigenvalue weighted by molar-refractivity contribution is -0.136. The number of allylic oxidation sites excluding steroid dienone is 19. The number of carboxylic acid groups (broad SMARTS) is 1. The highest BCUT2D eigenvalue weighted by atomic mass is 16.4. The van der Waals surface area contributed by atoms with Crippen LogP contribution >= 0.6 is 0 Å². The lowest BCUT2D eigenvalue weighted by atomic mass is 9.61. The van der Waals surface area contributed by atoms with Crippen molar-refractivity contribution >= 4 is 39.5 Å². The topological polar surface area (TPSA) is 69.6 Å². The quantitative estimate of drug-likeness (QED) is 0.0509. The molecule has 0 saturated carbocycles. The molecule has 0 fully saturated rings. The van der Waals surface area contributed by atoms with Gasteiger partial charge in [-0.1, -0.05) is 164 Å². The van der Waals surface area contributed by atoms with Crippen molar-refractivity contribution in [2.24, 2.45) is 11.3 Å². The standard InChI is InChI=1S/C59H60N2O3/c1-58(40-42-22-7-5-8-23-42,54-48-30-16-12-26-44(48)46-28-14-18-32-50(46)56(54)60-37-21-39-62)36-20-4-3-11-34-52-59(2,41-43-24-9-6-10-25-43)55-49-31-17-13-27-45(49)47-29-15-19-33-51(47)57(55)61(52)38-35-53(63)64/h3-7,9-11,13-15,17-20,22,24-27,29-34,39,46,60H,8,12,16,21,23,28,35-38,40-41H2,1-2H3,(H,63,64)/b11-3+,20-4+,52-34-. The van der Waals surface area contributed by atoms with E-state index in [0.717, 1.165) is 74.4 Å². The molecule has 4 aliphatic carbocycles. The van der Waals surface area contributed by atoms with E-state index in [9.17, 15) is 14.7 Å². The number of hydrogen-bond acceptors (Lipinski definition) is 4. The summed E-state index contributed by atoms with van der Waals surface area (Å²) in [6.45, 7) is 5.77. The van der Waals surface area contributed by atoms with Crippen LogP contribution in [-0.2, 0) is 21.4 Å². The summed E-state index contributed by atoms with van der Waals surface area (Å²) in [5.74, 6) is -0.482. The molecule has 0 aromatic heterocycles. The Bertz CT molecular complexity index is 2790. The van der Waals surface area contributed by atoms with Gasteiger partial charge in [-0.25, -0.2) is 0 Å². The molecule has 1 heterocycles. The van der Waals surface area contributed by atoms with Crippen molar-refractivity contribution in [3.63, 3.8) is 0 Å². The molecule has 0 bridgehead atoms. The van der Waals surface area contributed by atoms with Crippen molar-refractivity contribution in [3.05, 3.63) is 208 Å². The number of carbonyl (C=O) groups is 2. The lowest BCUT2D eigenvalue weighted by Crippen LogP contribution is -2.35. The van der Waals surface area contributed by atoms with Crippen LogP contribution in [0.3, 0.4) is 0 Å². The van der Waals surface area contributed by atoms with E-state index in [1.165, 1.54) is 60.8 Å². The first-order chi connectivity index (χ1) is 31.3. The summed E-state index contributed by atoms with van der Waals surface area (Å²) >= 11 is 0. The van der Waals surface area contributed by atoms with Crippen molar-refractivity contribution in [3.8, 4) is 0 Å². The van der Waals surface area contributed by atoms with Gasteiger partial charge >= 0.3 is 5.97 Å². The van der Waals surface area contributed by atoms with Crippen molar-refractivity contribution in [1.82, 2.24) is 5.32 Å². The van der Waals surface area contributed by atoms with Gasteiger partial charge in [-0.3, -0.25) is 4.79 Å². The van der Waals surface area contributed by atoms with Crippen LogP contribution in [-0.4, -0.2) is 30.5 Å². The Kier molecular flexibility index (Phi) is 12.5. The van der Waals surface area contributed by atoms with Crippen molar-refractivity contribution in [2.75, 3.05) is 18.0 Å². The second-order valence-corrected chi connectivity index (χ2v) is 18.5. The number of carboxylic acids is 1. The Morgan fingerprint density at radius 1 is 0.859 bits per heavy atom. The van der Waals surface area contributed by atoms with E-state index in [1.54, 1.807) is 0 Å². The third-order valence-electron chi connectivity index (χ3n) is 14.1. The van der Waals surface area contributed by atoms with E-state index in [4.69, 9.17) is 0 Å². The van der Waals surface area contributed by atoms with Crippen LogP contribution in [0.25, 0.3) is 21.5 Å². The molecule has 0 radical (unpaired) electrons. The number of anilines is 1. The van der Waals surface area contributed by atoms with Crippen molar-refractivity contribution in [2.45, 2.75) is 83.5 Å². The van der Waals surface area contributed by atoms with Gasteiger partial charge in [-0.05, 0) is 114 Å². The summed E-state index contributed by atoms with van der Waals surface area (Å²) in [4.78, 5) is 26.2. The summed E-state index contributed by atoms with van der Waals surface area (Å²) in [6.07, 6.45) is 38.9. The first-order valence-corrected chi connectivity index (χ1v) is 23.4. The van der Waals surface area contributed by atoms with E-state index in [1.807, 2.05) is 0 Å². The zero-order valence-corrected chi connectivity index (χ0v) is 37.4. The zero-order valence-electron chi connectivity index (χ0n) is 37.4. The van der Waals surface area contributed by atoms with E-state index < -0.39 is 11.4 Å². The molecule has 9 rings (SSSR count). The number of carbonyl (C=O) groups excluding carboxylic acids is 1. The molecule has 0 saturated heterocycles. The predicted octanol–water partition coefficient (Wildman–Crippen LogP) is 13.4. The van der Waals surface area contributed by atoms with Gasteiger partial charge in [0.25, 0.3) is 0 Å². The van der Waals surface area contributed by atoms with Crippen LogP contribution in [0, 0.1) is 11.3 Å². The monoisotopic (exact) mass is 844 g/mol. The summed E-state index contributed by atoms with van der Waals surface area (Å²) in [7, 11) is 0. The average Bonchev–Trinajstić information content (AvgIpc) is 3.56. The lowest BCUT2D eigenvalue weighted by Gasteiger charge is -2.44. The minimum atomic E-state index is -0.808. The van der Waals surface area contributed by atoms with E-state index in [-0.39, 0.29) is 11.8 Å². The van der Waals surface area contributed by atoms with Gasteiger partial charge < -0.3 is 20.1 Å². The van der Waals surface area contributed by atoms with Gasteiger partial charge in [0.15, 0.2) is 0 Å². The second kappa shape index (κ2) is 18.7. The fraction of sp³-hybridized carbons (Fsp3) is 0.288. The van der Waals surface area contributed by atoms with Crippen molar-refractivity contribution in [1.29, 1.82) is 0 Å². The third-order valence-corrected chi connectivity index (χ3v) is 14.1.